The smallest absolute Gasteiger partial charge is 0.339 e. The van der Waals surface area contributed by atoms with E-state index in [4.69, 9.17) is 0 Å². The number of hydrogen-bond donors (Lipinski definition) is 0. The molecule has 1 atom stereocenters. The largest absolute Gasteiger partial charge is 0.416 e. The Bertz CT molecular complexity index is 759. The summed E-state index contributed by atoms with van der Waals surface area (Å²) in [5.41, 5.74) is 1.02. The number of halogens is 3. The molecule has 2 aromatic carbocycles. The predicted molar refractivity (Wildman–Crippen MR) is 96.7 cm³/mol. The summed E-state index contributed by atoms with van der Waals surface area (Å²) in [6.45, 7) is 3.67. The van der Waals surface area contributed by atoms with Crippen LogP contribution in [0.25, 0.3) is 0 Å². The van der Waals surface area contributed by atoms with Crippen molar-refractivity contribution in [2.45, 2.75) is 22.9 Å². The number of alkyl halides is 3. The monoisotopic (exact) mass is 366 g/mol. The van der Waals surface area contributed by atoms with E-state index in [1.165, 1.54) is 23.9 Å². The molecule has 0 bridgehead atoms. The van der Waals surface area contributed by atoms with Crippen LogP contribution in [0.2, 0.25) is 0 Å². The first kappa shape index (κ1) is 18.1. The van der Waals surface area contributed by atoms with Crippen LogP contribution in [0.15, 0.2) is 52.3 Å². The summed E-state index contributed by atoms with van der Waals surface area (Å²) in [7, 11) is 4.01. The molecule has 0 aliphatic carbocycles. The summed E-state index contributed by atoms with van der Waals surface area (Å²) in [6.07, 6.45) is -4.34. The van der Waals surface area contributed by atoms with Crippen LogP contribution < -0.4 is 4.90 Å². The first-order valence-electron chi connectivity index (χ1n) is 8.16. The van der Waals surface area contributed by atoms with Crippen LogP contribution in [0.1, 0.15) is 12.5 Å². The van der Waals surface area contributed by atoms with Gasteiger partial charge in [-0.1, -0.05) is 30.8 Å². The minimum atomic E-state index is -4.34. The predicted octanol–water partition coefficient (Wildman–Crippen LogP) is 5.51. The van der Waals surface area contributed by atoms with Crippen molar-refractivity contribution in [3.8, 4) is 0 Å². The minimum absolute atomic E-state index is 0.313. The molecule has 2 aromatic rings. The van der Waals surface area contributed by atoms with Gasteiger partial charge in [0.15, 0.2) is 0 Å². The number of nitrogens with zero attached hydrogens (tertiary/aromatic N) is 2. The van der Waals surface area contributed by atoms with Crippen molar-refractivity contribution in [2.24, 2.45) is 5.92 Å². The highest BCUT2D eigenvalue weighted by molar-refractivity contribution is 7.99. The van der Waals surface area contributed by atoms with E-state index in [2.05, 4.69) is 11.8 Å². The molecule has 0 saturated carbocycles. The number of fused-ring (bicyclic) bond motifs is 2. The molecule has 0 unspecified atom stereocenters. The molecule has 6 heteroatoms. The molecule has 3 rings (SSSR count). The molecule has 0 radical (unpaired) electrons. The van der Waals surface area contributed by atoms with Crippen molar-refractivity contribution < 1.29 is 13.2 Å². The Morgan fingerprint density at radius 1 is 1.04 bits per heavy atom. The number of para-hydroxylation sites is 1. The van der Waals surface area contributed by atoms with Gasteiger partial charge in [0.1, 0.15) is 0 Å². The van der Waals surface area contributed by atoms with Crippen molar-refractivity contribution in [1.29, 1.82) is 0 Å². The number of hydrogen-bond acceptors (Lipinski definition) is 3. The van der Waals surface area contributed by atoms with E-state index in [-0.39, 0.29) is 0 Å². The van der Waals surface area contributed by atoms with Gasteiger partial charge in [-0.15, -0.1) is 0 Å². The van der Waals surface area contributed by atoms with E-state index in [1.54, 1.807) is 6.07 Å². The molecular formula is C19H21F3N2S. The minimum Gasteiger partial charge on any atom is -0.339 e. The van der Waals surface area contributed by atoms with Gasteiger partial charge < -0.3 is 9.80 Å². The maximum absolute atomic E-state index is 13.2. The molecule has 134 valence electrons. The Hall–Kier alpha value is -1.66. The molecule has 1 heterocycles. The lowest BCUT2D eigenvalue weighted by atomic mass is 10.1. The lowest BCUT2D eigenvalue weighted by Gasteiger charge is -2.35. The fraction of sp³-hybridized carbons (Fsp3) is 0.368. The molecule has 0 spiro atoms. The van der Waals surface area contributed by atoms with Crippen molar-refractivity contribution in [3.63, 3.8) is 0 Å². The fourth-order valence-electron chi connectivity index (χ4n) is 3.20. The first-order chi connectivity index (χ1) is 11.8. The van der Waals surface area contributed by atoms with E-state index in [0.717, 1.165) is 22.0 Å². The van der Waals surface area contributed by atoms with Gasteiger partial charge in [-0.2, -0.15) is 13.2 Å². The van der Waals surface area contributed by atoms with Gasteiger partial charge in [-0.05, 0) is 50.3 Å². The summed E-state index contributed by atoms with van der Waals surface area (Å²) < 4.78 is 39.6. The third-order valence-electron chi connectivity index (χ3n) is 4.12. The molecule has 0 amide bonds. The maximum Gasteiger partial charge on any atom is 0.416 e. The standard InChI is InChI=1S/C19H21F3N2S/c1-13(11-23(2)3)12-24-15-6-4-5-7-17(15)25-18-9-8-14(10-16(18)24)19(20,21)22/h4-10,13H,11-12H2,1-3H3/t13-/m0/s1. The van der Waals surface area contributed by atoms with Gasteiger partial charge in [0.2, 0.25) is 0 Å². The lowest BCUT2D eigenvalue weighted by Crippen LogP contribution is -2.31. The van der Waals surface area contributed by atoms with E-state index in [1.807, 2.05) is 43.3 Å². The number of anilines is 2. The van der Waals surface area contributed by atoms with Crippen LogP contribution in [-0.4, -0.2) is 32.1 Å². The summed E-state index contributed by atoms with van der Waals surface area (Å²) >= 11 is 1.53. The van der Waals surface area contributed by atoms with Crippen molar-refractivity contribution in [2.75, 3.05) is 32.1 Å². The zero-order chi connectivity index (χ0) is 18.2. The van der Waals surface area contributed by atoms with Gasteiger partial charge in [0, 0.05) is 22.9 Å². The molecule has 25 heavy (non-hydrogen) atoms. The first-order valence-corrected chi connectivity index (χ1v) is 8.98. The zero-order valence-corrected chi connectivity index (χ0v) is 15.3. The van der Waals surface area contributed by atoms with Crippen LogP contribution in [-0.2, 0) is 6.18 Å². The summed E-state index contributed by atoms with van der Waals surface area (Å²) in [6, 6.07) is 11.9. The average molecular weight is 366 g/mol. The highest BCUT2D eigenvalue weighted by atomic mass is 32.2. The SMILES string of the molecule is C[C@@H](CN(C)C)CN1c2ccccc2Sc2ccc(C(F)(F)F)cc21. The quantitative estimate of drug-likeness (QED) is 0.705. The van der Waals surface area contributed by atoms with E-state index >= 15 is 0 Å². The second kappa shape index (κ2) is 6.92. The Morgan fingerprint density at radius 3 is 2.40 bits per heavy atom. The molecule has 0 fully saturated rings. The van der Waals surface area contributed by atoms with Gasteiger partial charge in [0.05, 0.1) is 16.9 Å². The van der Waals surface area contributed by atoms with Crippen LogP contribution >= 0.6 is 11.8 Å². The van der Waals surface area contributed by atoms with Crippen molar-refractivity contribution >= 4 is 23.1 Å². The Balaban J connectivity index is 2.03. The van der Waals surface area contributed by atoms with Crippen LogP contribution in [0.3, 0.4) is 0 Å². The highest BCUT2D eigenvalue weighted by Gasteiger charge is 2.33. The summed E-state index contributed by atoms with van der Waals surface area (Å²) in [4.78, 5) is 6.07. The molecule has 0 aromatic heterocycles. The Kier molecular flexibility index (Phi) is 5.02. The zero-order valence-electron chi connectivity index (χ0n) is 14.5. The lowest BCUT2D eigenvalue weighted by molar-refractivity contribution is -0.137. The third kappa shape index (κ3) is 3.96. The van der Waals surface area contributed by atoms with E-state index < -0.39 is 11.7 Å². The maximum atomic E-state index is 13.2. The normalized spacial score (nSPS) is 15.1. The van der Waals surface area contributed by atoms with E-state index in [0.29, 0.717) is 18.2 Å². The van der Waals surface area contributed by atoms with E-state index in [9.17, 15) is 13.2 Å². The van der Waals surface area contributed by atoms with Crippen molar-refractivity contribution in [1.82, 2.24) is 4.90 Å². The van der Waals surface area contributed by atoms with Gasteiger partial charge in [0.25, 0.3) is 0 Å². The summed E-state index contributed by atoms with van der Waals surface area (Å²) in [5, 5.41) is 0. The van der Waals surface area contributed by atoms with Crippen molar-refractivity contribution in [3.05, 3.63) is 48.0 Å². The second-order valence-corrected chi connectivity index (χ2v) is 7.81. The Morgan fingerprint density at radius 2 is 1.72 bits per heavy atom. The molecule has 1 aliphatic rings. The van der Waals surface area contributed by atoms with Crippen LogP contribution in [0.5, 0.6) is 0 Å². The third-order valence-corrected chi connectivity index (χ3v) is 5.25. The average Bonchev–Trinajstić information content (AvgIpc) is 2.52. The molecule has 0 saturated heterocycles. The van der Waals surface area contributed by atoms with Gasteiger partial charge in [-0.3, -0.25) is 0 Å². The topological polar surface area (TPSA) is 6.48 Å². The van der Waals surface area contributed by atoms with Crippen LogP contribution in [0, 0.1) is 5.92 Å². The fourth-order valence-corrected chi connectivity index (χ4v) is 4.27. The molecular weight excluding hydrogens is 345 g/mol. The summed E-state index contributed by atoms with van der Waals surface area (Å²) in [5.74, 6) is 0.313. The molecule has 0 N–H and O–H groups in total. The highest BCUT2D eigenvalue weighted by Crippen LogP contribution is 2.49. The van der Waals surface area contributed by atoms with Gasteiger partial charge >= 0.3 is 6.18 Å². The molecule has 2 nitrogen and oxygen atoms in total. The molecule has 1 aliphatic heterocycles. The second-order valence-electron chi connectivity index (χ2n) is 6.73. The van der Waals surface area contributed by atoms with Gasteiger partial charge in [-0.25, -0.2) is 0 Å². The Labute approximate surface area is 150 Å². The number of benzene rings is 2. The number of rotatable bonds is 4. The van der Waals surface area contributed by atoms with Crippen LogP contribution in [0.4, 0.5) is 24.5 Å².